The molecule has 3 rings (SSSR count). The van der Waals surface area contributed by atoms with Crippen LogP contribution in [-0.4, -0.2) is 40.0 Å². The molecule has 5 heteroatoms. The Morgan fingerprint density at radius 3 is 2.91 bits per heavy atom. The molecule has 1 amide bonds. The number of aliphatic carboxylic acids is 1. The van der Waals surface area contributed by atoms with Gasteiger partial charge in [-0.15, -0.1) is 0 Å². The first kappa shape index (κ1) is 15.6. The second kappa shape index (κ2) is 6.44. The van der Waals surface area contributed by atoms with Crippen molar-refractivity contribution in [1.29, 1.82) is 0 Å². The number of likely N-dealkylation sites (tertiary alicyclic amines) is 1. The van der Waals surface area contributed by atoms with Crippen molar-refractivity contribution in [3.05, 3.63) is 35.5 Å². The van der Waals surface area contributed by atoms with Gasteiger partial charge < -0.3 is 15.0 Å². The Labute approximate surface area is 135 Å². The predicted octanol–water partition coefficient (Wildman–Crippen LogP) is 3.19. The highest BCUT2D eigenvalue weighted by Crippen LogP contribution is 2.27. The number of carboxylic acid groups (broad SMARTS) is 1. The van der Waals surface area contributed by atoms with Crippen molar-refractivity contribution < 1.29 is 14.7 Å². The average molecular weight is 314 g/mol. The zero-order valence-corrected chi connectivity index (χ0v) is 13.3. The molecule has 23 heavy (non-hydrogen) atoms. The summed E-state index contributed by atoms with van der Waals surface area (Å²) in [5, 5.41) is 9.80. The maximum atomic E-state index is 13.0. The van der Waals surface area contributed by atoms with Gasteiger partial charge in [-0.1, -0.05) is 18.2 Å². The molecule has 0 spiro atoms. The average Bonchev–Trinajstić information content (AvgIpc) is 2.88. The van der Waals surface area contributed by atoms with Crippen molar-refractivity contribution in [2.75, 3.05) is 13.1 Å². The number of hydrogen-bond donors (Lipinski definition) is 2. The van der Waals surface area contributed by atoms with E-state index < -0.39 is 5.97 Å². The molecule has 1 saturated heterocycles. The fraction of sp³-hybridized carbons (Fsp3) is 0.444. The van der Waals surface area contributed by atoms with Gasteiger partial charge in [-0.05, 0) is 38.2 Å². The summed E-state index contributed by atoms with van der Waals surface area (Å²) in [5.41, 5.74) is 2.62. The molecule has 0 saturated carbocycles. The van der Waals surface area contributed by atoms with Crippen molar-refractivity contribution in [3.8, 4) is 0 Å². The number of fused-ring (bicyclic) bond motifs is 1. The van der Waals surface area contributed by atoms with E-state index in [1.165, 1.54) is 0 Å². The van der Waals surface area contributed by atoms with Crippen LogP contribution in [0.5, 0.6) is 0 Å². The molecule has 5 nitrogen and oxygen atoms in total. The summed E-state index contributed by atoms with van der Waals surface area (Å²) in [5.74, 6) is -0.421. The minimum absolute atomic E-state index is 0.0555. The molecule has 1 fully saturated rings. The number of para-hydroxylation sites is 1. The van der Waals surface area contributed by atoms with E-state index in [9.17, 15) is 9.59 Å². The largest absolute Gasteiger partial charge is 0.481 e. The van der Waals surface area contributed by atoms with Gasteiger partial charge in [-0.3, -0.25) is 9.59 Å². The van der Waals surface area contributed by atoms with Crippen molar-refractivity contribution in [2.45, 2.75) is 32.6 Å². The Morgan fingerprint density at radius 2 is 2.13 bits per heavy atom. The monoisotopic (exact) mass is 314 g/mol. The number of aromatic amines is 1. The molecule has 1 unspecified atom stereocenters. The van der Waals surface area contributed by atoms with Gasteiger partial charge in [-0.25, -0.2) is 0 Å². The van der Waals surface area contributed by atoms with Gasteiger partial charge in [0.25, 0.3) is 5.91 Å². The lowest BCUT2D eigenvalue weighted by atomic mass is 9.93. The Bertz CT molecular complexity index is 735. The summed E-state index contributed by atoms with van der Waals surface area (Å²) >= 11 is 0. The normalized spacial score (nSPS) is 18.3. The fourth-order valence-electron chi connectivity index (χ4n) is 3.52. The minimum Gasteiger partial charge on any atom is -0.481 e. The van der Waals surface area contributed by atoms with Crippen LogP contribution in [0.25, 0.3) is 10.9 Å². The number of carbonyl (C=O) groups is 2. The number of aromatic nitrogens is 1. The van der Waals surface area contributed by atoms with E-state index in [1.54, 1.807) is 0 Å². The second-order valence-electron chi connectivity index (χ2n) is 6.36. The summed E-state index contributed by atoms with van der Waals surface area (Å²) in [6.07, 6.45) is 2.77. The SMILES string of the molecule is Cc1[nH]c2ccccc2c1C(=O)N1CCCC(CCC(=O)O)C1. The van der Waals surface area contributed by atoms with Crippen LogP contribution >= 0.6 is 0 Å². The quantitative estimate of drug-likeness (QED) is 0.910. The molecule has 1 aromatic carbocycles. The van der Waals surface area contributed by atoms with E-state index in [0.29, 0.717) is 13.0 Å². The maximum absolute atomic E-state index is 13.0. The number of H-pyrrole nitrogens is 1. The molecule has 2 aromatic rings. The Balaban J connectivity index is 1.79. The molecule has 1 aliphatic heterocycles. The van der Waals surface area contributed by atoms with Gasteiger partial charge in [0.05, 0.1) is 5.56 Å². The summed E-state index contributed by atoms with van der Waals surface area (Å²) in [7, 11) is 0. The molecular formula is C18H22N2O3. The standard InChI is InChI=1S/C18H22N2O3/c1-12-17(14-6-2-3-7-15(14)19-12)18(23)20-10-4-5-13(11-20)8-9-16(21)22/h2-3,6-7,13,19H,4-5,8-11H2,1H3,(H,21,22). The lowest BCUT2D eigenvalue weighted by Gasteiger charge is -2.32. The lowest BCUT2D eigenvalue weighted by Crippen LogP contribution is -2.40. The highest BCUT2D eigenvalue weighted by atomic mass is 16.4. The minimum atomic E-state index is -0.763. The van der Waals surface area contributed by atoms with Gasteiger partial charge >= 0.3 is 5.97 Å². The number of benzene rings is 1. The van der Waals surface area contributed by atoms with Gasteiger partial charge in [-0.2, -0.15) is 0 Å². The number of nitrogens with one attached hydrogen (secondary N) is 1. The Hall–Kier alpha value is -2.30. The molecule has 2 heterocycles. The summed E-state index contributed by atoms with van der Waals surface area (Å²) in [4.78, 5) is 28.9. The lowest BCUT2D eigenvalue weighted by molar-refractivity contribution is -0.137. The fourth-order valence-corrected chi connectivity index (χ4v) is 3.52. The van der Waals surface area contributed by atoms with E-state index in [2.05, 4.69) is 4.98 Å². The first-order valence-corrected chi connectivity index (χ1v) is 8.14. The maximum Gasteiger partial charge on any atom is 0.303 e. The van der Waals surface area contributed by atoms with Gasteiger partial charge in [0.15, 0.2) is 0 Å². The zero-order valence-electron chi connectivity index (χ0n) is 13.3. The van der Waals surface area contributed by atoms with Crippen molar-refractivity contribution >= 4 is 22.8 Å². The Kier molecular flexibility index (Phi) is 4.37. The number of amides is 1. The molecular weight excluding hydrogens is 292 g/mol. The molecule has 0 radical (unpaired) electrons. The van der Waals surface area contributed by atoms with Crippen molar-refractivity contribution in [3.63, 3.8) is 0 Å². The molecule has 0 aliphatic carbocycles. The molecule has 1 aliphatic rings. The number of carboxylic acids is 1. The third kappa shape index (κ3) is 3.23. The third-order valence-corrected chi connectivity index (χ3v) is 4.68. The van der Waals surface area contributed by atoms with Crippen LogP contribution in [0.1, 0.15) is 41.7 Å². The first-order valence-electron chi connectivity index (χ1n) is 8.14. The van der Waals surface area contributed by atoms with Crippen molar-refractivity contribution in [2.24, 2.45) is 5.92 Å². The van der Waals surface area contributed by atoms with E-state index in [1.807, 2.05) is 36.1 Å². The molecule has 1 atom stereocenters. The highest BCUT2D eigenvalue weighted by Gasteiger charge is 2.27. The number of aryl methyl sites for hydroxylation is 1. The number of nitrogens with zero attached hydrogens (tertiary/aromatic N) is 1. The summed E-state index contributed by atoms with van der Waals surface area (Å²) in [6.45, 7) is 3.34. The van der Waals surface area contributed by atoms with E-state index in [4.69, 9.17) is 5.11 Å². The first-order chi connectivity index (χ1) is 11.1. The van der Waals surface area contributed by atoms with Crippen molar-refractivity contribution in [1.82, 2.24) is 9.88 Å². The third-order valence-electron chi connectivity index (χ3n) is 4.68. The van der Waals surface area contributed by atoms with Gasteiger partial charge in [0.2, 0.25) is 0 Å². The zero-order chi connectivity index (χ0) is 16.4. The smallest absolute Gasteiger partial charge is 0.303 e. The molecule has 1 aromatic heterocycles. The van der Waals surface area contributed by atoms with Crippen LogP contribution in [0.3, 0.4) is 0 Å². The summed E-state index contributed by atoms with van der Waals surface area (Å²) < 4.78 is 0. The number of rotatable bonds is 4. The van der Waals surface area contributed by atoms with Gasteiger partial charge in [0, 0.05) is 36.1 Å². The highest BCUT2D eigenvalue weighted by molar-refractivity contribution is 6.08. The van der Waals surface area contributed by atoms with Gasteiger partial charge in [0.1, 0.15) is 0 Å². The van der Waals surface area contributed by atoms with E-state index in [-0.39, 0.29) is 18.2 Å². The van der Waals surface area contributed by atoms with Crippen LogP contribution in [0.15, 0.2) is 24.3 Å². The Morgan fingerprint density at radius 1 is 1.35 bits per heavy atom. The number of piperidine rings is 1. The molecule has 2 N–H and O–H groups in total. The van der Waals surface area contributed by atoms with Crippen LogP contribution in [0, 0.1) is 12.8 Å². The topological polar surface area (TPSA) is 73.4 Å². The molecule has 122 valence electrons. The predicted molar refractivity (Wildman–Crippen MR) is 88.5 cm³/mol. The number of hydrogen-bond acceptors (Lipinski definition) is 2. The van der Waals surface area contributed by atoms with Crippen LogP contribution in [0.2, 0.25) is 0 Å². The number of carbonyl (C=O) groups excluding carboxylic acids is 1. The second-order valence-corrected chi connectivity index (χ2v) is 6.36. The van der Waals surface area contributed by atoms with E-state index >= 15 is 0 Å². The van der Waals surface area contributed by atoms with Crippen LogP contribution < -0.4 is 0 Å². The van der Waals surface area contributed by atoms with E-state index in [0.717, 1.165) is 41.5 Å². The molecule has 0 bridgehead atoms. The summed E-state index contributed by atoms with van der Waals surface area (Å²) in [6, 6.07) is 7.84. The van der Waals surface area contributed by atoms with Crippen LogP contribution in [0.4, 0.5) is 0 Å². The van der Waals surface area contributed by atoms with Crippen LogP contribution in [-0.2, 0) is 4.79 Å².